The lowest BCUT2D eigenvalue weighted by Gasteiger charge is -2.31. The minimum Gasteiger partial charge on any atom is -0.338 e. The lowest BCUT2D eigenvalue weighted by molar-refractivity contribution is 0.102. The molecule has 9 heteroatoms. The first-order valence-electron chi connectivity index (χ1n) is 12.3. The smallest absolute Gasteiger partial charge is 0.317 e. The molecule has 2 aromatic heterocycles. The molecule has 8 nitrogen and oxygen atoms in total. The summed E-state index contributed by atoms with van der Waals surface area (Å²) in [5, 5.41) is 15.8. The summed E-state index contributed by atoms with van der Waals surface area (Å²) in [4.78, 5) is 31.7. The third-order valence-corrected chi connectivity index (χ3v) is 7.63. The van der Waals surface area contributed by atoms with Gasteiger partial charge in [0.05, 0.1) is 5.01 Å². The maximum absolute atomic E-state index is 12.6. The van der Waals surface area contributed by atoms with E-state index in [0.717, 1.165) is 30.0 Å². The maximum Gasteiger partial charge on any atom is 0.317 e. The van der Waals surface area contributed by atoms with Crippen molar-refractivity contribution in [2.75, 3.05) is 25.0 Å². The molecule has 0 bridgehead atoms. The summed E-state index contributed by atoms with van der Waals surface area (Å²) in [6.07, 6.45) is 9.94. The Morgan fingerprint density at radius 2 is 2.03 bits per heavy atom. The van der Waals surface area contributed by atoms with Crippen LogP contribution in [0, 0.1) is 0 Å². The van der Waals surface area contributed by atoms with E-state index in [1.54, 1.807) is 5.38 Å². The molecule has 0 aromatic carbocycles. The van der Waals surface area contributed by atoms with E-state index in [1.165, 1.54) is 42.6 Å². The number of piperidine rings is 1. The number of hydrogen-bond acceptors (Lipinski definition) is 5. The van der Waals surface area contributed by atoms with Crippen LogP contribution in [0.5, 0.6) is 0 Å². The van der Waals surface area contributed by atoms with Gasteiger partial charge in [-0.25, -0.2) is 9.78 Å². The molecule has 0 spiro atoms. The lowest BCUT2D eigenvalue weighted by Crippen LogP contribution is -2.44. The summed E-state index contributed by atoms with van der Waals surface area (Å²) < 4.78 is 0. The van der Waals surface area contributed by atoms with Crippen LogP contribution in [0.1, 0.15) is 92.8 Å². The van der Waals surface area contributed by atoms with Gasteiger partial charge >= 0.3 is 6.03 Å². The van der Waals surface area contributed by atoms with Crippen molar-refractivity contribution in [1.29, 1.82) is 0 Å². The molecular weight excluding hydrogens is 448 g/mol. The summed E-state index contributed by atoms with van der Waals surface area (Å²) >= 11 is 1.52. The molecule has 0 radical (unpaired) electrons. The Morgan fingerprint density at radius 3 is 2.71 bits per heavy atom. The Morgan fingerprint density at radius 1 is 1.24 bits per heavy atom. The van der Waals surface area contributed by atoms with Crippen LogP contribution in [0.2, 0.25) is 0 Å². The van der Waals surface area contributed by atoms with Crippen LogP contribution < -0.4 is 10.6 Å². The molecule has 1 saturated heterocycles. The molecule has 0 atom stereocenters. The Hall–Kier alpha value is -2.68. The van der Waals surface area contributed by atoms with Crippen molar-refractivity contribution in [2.24, 2.45) is 0 Å². The third kappa shape index (κ3) is 6.25. The first-order valence-corrected chi connectivity index (χ1v) is 13.2. The summed E-state index contributed by atoms with van der Waals surface area (Å²) in [7, 11) is 0. The fraction of sp³-hybridized carbons (Fsp3) is 0.600. The van der Waals surface area contributed by atoms with E-state index in [-0.39, 0.29) is 23.3 Å². The Bertz CT molecular complexity index is 1030. The second kappa shape index (κ2) is 10.7. The molecule has 3 amide bonds. The van der Waals surface area contributed by atoms with Crippen LogP contribution in [0.25, 0.3) is 0 Å². The zero-order valence-corrected chi connectivity index (χ0v) is 21.3. The standard InChI is InChI=1S/C25H36N6O2S/c1-25(2,3)20-15-21(30-29-20)28-22(32)19-16-34-23(27-19)18-10-13-31(14-11-18)24(33)26-12-9-17-7-5-4-6-8-17/h7,15-16,18H,4-6,8-14H2,1-3H3,(H,26,33)(H2,28,29,30,32). The average molecular weight is 485 g/mol. The van der Waals surface area contributed by atoms with Crippen LogP contribution in [0.4, 0.5) is 10.6 Å². The monoisotopic (exact) mass is 484 g/mol. The number of likely N-dealkylation sites (tertiary alicyclic amines) is 1. The van der Waals surface area contributed by atoms with Gasteiger partial charge in [0.15, 0.2) is 5.82 Å². The van der Waals surface area contributed by atoms with Crippen LogP contribution in [0.3, 0.4) is 0 Å². The Balaban J connectivity index is 1.23. The van der Waals surface area contributed by atoms with Crippen molar-refractivity contribution in [2.45, 2.75) is 77.0 Å². The number of aromatic amines is 1. The van der Waals surface area contributed by atoms with Gasteiger partial charge in [0.25, 0.3) is 5.91 Å². The molecule has 0 saturated carbocycles. The van der Waals surface area contributed by atoms with Crippen molar-refractivity contribution in [3.63, 3.8) is 0 Å². The number of rotatable bonds is 6. The predicted molar refractivity (Wildman–Crippen MR) is 135 cm³/mol. The van der Waals surface area contributed by atoms with E-state index in [1.807, 2.05) is 11.0 Å². The van der Waals surface area contributed by atoms with Gasteiger partial charge in [-0.3, -0.25) is 9.89 Å². The largest absolute Gasteiger partial charge is 0.338 e. The van der Waals surface area contributed by atoms with Crippen LogP contribution >= 0.6 is 11.3 Å². The number of nitrogens with one attached hydrogen (secondary N) is 3. The second-order valence-electron chi connectivity index (χ2n) is 10.3. The van der Waals surface area contributed by atoms with E-state index in [4.69, 9.17) is 0 Å². The number of carbonyl (C=O) groups excluding carboxylic acids is 2. The van der Waals surface area contributed by atoms with Crippen molar-refractivity contribution < 1.29 is 9.59 Å². The lowest BCUT2D eigenvalue weighted by atomic mass is 9.92. The number of nitrogens with zero attached hydrogens (tertiary/aromatic N) is 3. The molecule has 1 aliphatic carbocycles. The van der Waals surface area contributed by atoms with Gasteiger partial charge in [-0.15, -0.1) is 11.3 Å². The molecule has 34 heavy (non-hydrogen) atoms. The highest BCUT2D eigenvalue weighted by atomic mass is 32.1. The Labute approximate surface area is 205 Å². The minimum atomic E-state index is -0.251. The molecule has 1 fully saturated rings. The average Bonchev–Trinajstić information content (AvgIpc) is 3.50. The summed E-state index contributed by atoms with van der Waals surface area (Å²) in [6.45, 7) is 8.39. The number of amides is 3. The van der Waals surface area contributed by atoms with Crippen molar-refractivity contribution in [3.8, 4) is 0 Å². The van der Waals surface area contributed by atoms with E-state index in [9.17, 15) is 9.59 Å². The summed E-state index contributed by atoms with van der Waals surface area (Å²) in [6, 6.07) is 1.89. The number of anilines is 1. The number of thiazole rings is 1. The zero-order valence-electron chi connectivity index (χ0n) is 20.4. The first kappa shape index (κ1) is 24.4. The topological polar surface area (TPSA) is 103 Å². The molecule has 2 aliphatic rings. The fourth-order valence-electron chi connectivity index (χ4n) is 4.43. The molecule has 0 unspecified atom stereocenters. The minimum absolute atomic E-state index is 0.0303. The molecule has 3 heterocycles. The van der Waals surface area contributed by atoms with Gasteiger partial charge in [-0.05, 0) is 44.9 Å². The number of H-pyrrole nitrogens is 1. The third-order valence-electron chi connectivity index (χ3n) is 6.62. The number of carbonyl (C=O) groups is 2. The quantitative estimate of drug-likeness (QED) is 0.491. The van der Waals surface area contributed by atoms with Crippen LogP contribution in [-0.2, 0) is 5.41 Å². The number of hydrogen-bond donors (Lipinski definition) is 3. The van der Waals surface area contributed by atoms with Crippen molar-refractivity contribution in [1.82, 2.24) is 25.4 Å². The van der Waals surface area contributed by atoms with E-state index in [0.29, 0.717) is 31.1 Å². The first-order chi connectivity index (χ1) is 16.3. The predicted octanol–water partition coefficient (Wildman–Crippen LogP) is 5.20. The van der Waals surface area contributed by atoms with Crippen LogP contribution in [0.15, 0.2) is 23.1 Å². The second-order valence-corrected chi connectivity index (χ2v) is 11.2. The van der Waals surface area contributed by atoms with Gasteiger partial charge in [-0.1, -0.05) is 32.4 Å². The van der Waals surface area contributed by atoms with Crippen LogP contribution in [-0.4, -0.2) is 51.7 Å². The highest BCUT2D eigenvalue weighted by molar-refractivity contribution is 7.10. The maximum atomic E-state index is 12.6. The summed E-state index contributed by atoms with van der Waals surface area (Å²) in [5.74, 6) is 0.531. The van der Waals surface area contributed by atoms with Crippen molar-refractivity contribution in [3.05, 3.63) is 39.5 Å². The molecule has 184 valence electrons. The molecular formula is C25H36N6O2S. The zero-order chi connectivity index (χ0) is 24.1. The molecule has 1 aliphatic heterocycles. The highest BCUT2D eigenvalue weighted by Gasteiger charge is 2.26. The number of urea groups is 1. The van der Waals surface area contributed by atoms with Gasteiger partial charge in [0.2, 0.25) is 0 Å². The van der Waals surface area contributed by atoms with E-state index >= 15 is 0 Å². The molecule has 4 rings (SSSR count). The van der Waals surface area contributed by atoms with Crippen molar-refractivity contribution >= 4 is 29.1 Å². The fourth-order valence-corrected chi connectivity index (χ4v) is 5.40. The number of aromatic nitrogens is 3. The van der Waals surface area contributed by atoms with Gasteiger partial charge in [0.1, 0.15) is 5.69 Å². The molecule has 3 N–H and O–H groups in total. The van der Waals surface area contributed by atoms with Gasteiger partial charge < -0.3 is 15.5 Å². The van der Waals surface area contributed by atoms with Gasteiger partial charge in [-0.2, -0.15) is 5.10 Å². The van der Waals surface area contributed by atoms with E-state index < -0.39 is 0 Å². The molecule has 2 aromatic rings. The van der Waals surface area contributed by atoms with E-state index in [2.05, 4.69) is 52.7 Å². The SMILES string of the molecule is CC(C)(C)c1cc(NC(=O)c2csc(C3CCN(C(=O)NCCC4=CCCCC4)CC3)n2)n[nH]1. The van der Waals surface area contributed by atoms with Gasteiger partial charge in [0, 0.05) is 48.1 Å². The summed E-state index contributed by atoms with van der Waals surface area (Å²) in [5.41, 5.74) is 2.79. The number of allylic oxidation sites excluding steroid dienone is 1. The highest BCUT2D eigenvalue weighted by Crippen LogP contribution is 2.31. The normalized spacial score (nSPS) is 17.4. The Kier molecular flexibility index (Phi) is 7.70.